The topological polar surface area (TPSA) is 51.0 Å². The molecule has 0 aliphatic carbocycles. The molecule has 134 valence electrons. The van der Waals surface area contributed by atoms with E-state index in [1.54, 1.807) is 7.11 Å². The first-order valence-corrected chi connectivity index (χ1v) is 8.84. The van der Waals surface area contributed by atoms with Gasteiger partial charge in [-0.1, -0.05) is 0 Å². The molecule has 0 bridgehead atoms. The lowest BCUT2D eigenvalue weighted by molar-refractivity contribution is 0.225. The van der Waals surface area contributed by atoms with Crippen LogP contribution >= 0.6 is 0 Å². The van der Waals surface area contributed by atoms with Crippen LogP contribution in [0.1, 0.15) is 6.42 Å². The Kier molecular flexibility index (Phi) is 6.01. The molecule has 1 heterocycles. The van der Waals surface area contributed by atoms with E-state index in [1.165, 1.54) is 5.69 Å². The number of nitrogen functional groups attached to an aromatic ring is 1. The van der Waals surface area contributed by atoms with E-state index in [4.69, 9.17) is 15.2 Å². The molecule has 1 fully saturated rings. The molecule has 2 aromatic carbocycles. The molecule has 1 aliphatic heterocycles. The summed E-state index contributed by atoms with van der Waals surface area (Å²) in [6, 6.07) is 15.9. The van der Waals surface area contributed by atoms with Crippen LogP contribution in [0.2, 0.25) is 0 Å². The molecule has 0 unspecified atom stereocenters. The van der Waals surface area contributed by atoms with E-state index in [0.29, 0.717) is 0 Å². The van der Waals surface area contributed by atoms with Crippen molar-refractivity contribution in [2.75, 3.05) is 57.1 Å². The van der Waals surface area contributed by atoms with Crippen molar-refractivity contribution in [1.29, 1.82) is 0 Å². The molecule has 5 heteroatoms. The second kappa shape index (κ2) is 8.62. The Morgan fingerprint density at radius 2 is 1.52 bits per heavy atom. The quantitative estimate of drug-likeness (QED) is 0.620. The molecular weight excluding hydrogens is 314 g/mol. The lowest BCUT2D eigenvalue weighted by Crippen LogP contribution is -2.46. The first kappa shape index (κ1) is 17.4. The molecule has 0 saturated carbocycles. The van der Waals surface area contributed by atoms with Crippen LogP contribution in [-0.4, -0.2) is 51.3 Å². The summed E-state index contributed by atoms with van der Waals surface area (Å²) in [5, 5.41) is 0. The summed E-state index contributed by atoms with van der Waals surface area (Å²) in [5.74, 6) is 1.79. The Morgan fingerprint density at radius 3 is 2.16 bits per heavy atom. The van der Waals surface area contributed by atoms with Crippen molar-refractivity contribution in [3.05, 3.63) is 48.5 Å². The smallest absolute Gasteiger partial charge is 0.119 e. The van der Waals surface area contributed by atoms with Gasteiger partial charge in [0.05, 0.1) is 13.7 Å². The average Bonchev–Trinajstić information content (AvgIpc) is 2.67. The van der Waals surface area contributed by atoms with Gasteiger partial charge in [0.15, 0.2) is 0 Å². The molecule has 25 heavy (non-hydrogen) atoms. The van der Waals surface area contributed by atoms with E-state index in [1.807, 2.05) is 36.4 Å². The van der Waals surface area contributed by atoms with Gasteiger partial charge in [0.2, 0.25) is 0 Å². The molecule has 0 atom stereocenters. The standard InChI is InChI=1S/C20H27N3O2/c1-24-19-9-5-18(6-10-19)23-14-12-22(13-15-23)11-2-16-25-20-7-3-17(21)4-8-20/h3-10H,2,11-16,21H2,1H3. The van der Waals surface area contributed by atoms with Crippen molar-refractivity contribution in [2.45, 2.75) is 6.42 Å². The lowest BCUT2D eigenvalue weighted by atomic mass is 10.2. The van der Waals surface area contributed by atoms with Crippen molar-refractivity contribution >= 4 is 11.4 Å². The number of anilines is 2. The fraction of sp³-hybridized carbons (Fsp3) is 0.400. The van der Waals surface area contributed by atoms with Crippen molar-refractivity contribution < 1.29 is 9.47 Å². The van der Waals surface area contributed by atoms with Gasteiger partial charge in [0, 0.05) is 44.1 Å². The van der Waals surface area contributed by atoms with Gasteiger partial charge in [-0.25, -0.2) is 0 Å². The van der Waals surface area contributed by atoms with Crippen molar-refractivity contribution in [2.24, 2.45) is 0 Å². The maximum atomic E-state index is 5.76. The van der Waals surface area contributed by atoms with Gasteiger partial charge in [0.25, 0.3) is 0 Å². The SMILES string of the molecule is COc1ccc(N2CCN(CCCOc3ccc(N)cc3)CC2)cc1. The Morgan fingerprint density at radius 1 is 0.880 bits per heavy atom. The molecule has 0 amide bonds. The Bertz CT molecular complexity index is 635. The monoisotopic (exact) mass is 341 g/mol. The molecule has 2 N–H and O–H groups in total. The van der Waals surface area contributed by atoms with E-state index in [0.717, 1.165) is 62.9 Å². The number of hydrogen-bond donors (Lipinski definition) is 1. The van der Waals surface area contributed by atoms with Crippen LogP contribution in [0.5, 0.6) is 11.5 Å². The van der Waals surface area contributed by atoms with E-state index >= 15 is 0 Å². The van der Waals surface area contributed by atoms with Crippen LogP contribution < -0.4 is 20.1 Å². The molecule has 1 saturated heterocycles. The summed E-state index contributed by atoms with van der Waals surface area (Å²) in [6.07, 6.45) is 1.03. The summed E-state index contributed by atoms with van der Waals surface area (Å²) in [6.45, 7) is 6.12. The Labute approximate surface area is 149 Å². The van der Waals surface area contributed by atoms with Crippen molar-refractivity contribution in [3.8, 4) is 11.5 Å². The highest BCUT2D eigenvalue weighted by Crippen LogP contribution is 2.20. The number of nitrogens with two attached hydrogens (primary N) is 1. The molecule has 5 nitrogen and oxygen atoms in total. The van der Waals surface area contributed by atoms with Gasteiger partial charge in [-0.05, 0) is 55.0 Å². The molecule has 3 rings (SSSR count). The fourth-order valence-electron chi connectivity index (χ4n) is 3.06. The number of piperazine rings is 1. The minimum atomic E-state index is 0.739. The second-order valence-electron chi connectivity index (χ2n) is 6.30. The maximum Gasteiger partial charge on any atom is 0.119 e. The van der Waals surface area contributed by atoms with Gasteiger partial charge in [-0.2, -0.15) is 0 Å². The number of benzene rings is 2. The molecule has 1 aliphatic rings. The van der Waals surface area contributed by atoms with Crippen LogP contribution in [-0.2, 0) is 0 Å². The van der Waals surface area contributed by atoms with Gasteiger partial charge in [0.1, 0.15) is 11.5 Å². The number of methoxy groups -OCH3 is 1. The molecular formula is C20H27N3O2. The Balaban J connectivity index is 1.35. The number of nitrogens with zero attached hydrogens (tertiary/aromatic N) is 2. The lowest BCUT2D eigenvalue weighted by Gasteiger charge is -2.36. The third-order valence-electron chi connectivity index (χ3n) is 4.58. The summed E-state index contributed by atoms with van der Waals surface area (Å²) in [7, 11) is 1.70. The molecule has 0 radical (unpaired) electrons. The largest absolute Gasteiger partial charge is 0.497 e. The van der Waals surface area contributed by atoms with Gasteiger partial charge >= 0.3 is 0 Å². The van der Waals surface area contributed by atoms with Gasteiger partial charge in [-0.3, -0.25) is 4.90 Å². The average molecular weight is 341 g/mol. The van der Waals surface area contributed by atoms with E-state index < -0.39 is 0 Å². The van der Waals surface area contributed by atoms with E-state index in [-0.39, 0.29) is 0 Å². The minimum Gasteiger partial charge on any atom is -0.497 e. The second-order valence-corrected chi connectivity index (χ2v) is 6.30. The maximum absolute atomic E-state index is 5.76. The predicted molar refractivity (Wildman–Crippen MR) is 103 cm³/mol. The molecule has 2 aromatic rings. The van der Waals surface area contributed by atoms with Crippen LogP contribution in [0.25, 0.3) is 0 Å². The highest BCUT2D eigenvalue weighted by Gasteiger charge is 2.16. The zero-order valence-electron chi connectivity index (χ0n) is 14.9. The highest BCUT2D eigenvalue weighted by molar-refractivity contribution is 5.49. The normalized spacial score (nSPS) is 15.2. The van der Waals surface area contributed by atoms with E-state index in [9.17, 15) is 0 Å². The van der Waals surface area contributed by atoms with Gasteiger partial charge < -0.3 is 20.1 Å². The zero-order valence-corrected chi connectivity index (χ0v) is 14.9. The third kappa shape index (κ3) is 5.03. The minimum absolute atomic E-state index is 0.739. The first-order chi connectivity index (χ1) is 12.2. The summed E-state index contributed by atoms with van der Waals surface area (Å²) in [5.41, 5.74) is 7.71. The van der Waals surface area contributed by atoms with Crippen LogP contribution in [0.3, 0.4) is 0 Å². The van der Waals surface area contributed by atoms with Crippen LogP contribution in [0.4, 0.5) is 11.4 Å². The first-order valence-electron chi connectivity index (χ1n) is 8.84. The summed E-state index contributed by atoms with van der Waals surface area (Å²) in [4.78, 5) is 4.94. The number of rotatable bonds is 7. The summed E-state index contributed by atoms with van der Waals surface area (Å²) >= 11 is 0. The molecule has 0 aromatic heterocycles. The van der Waals surface area contributed by atoms with Gasteiger partial charge in [-0.15, -0.1) is 0 Å². The van der Waals surface area contributed by atoms with E-state index in [2.05, 4.69) is 21.9 Å². The predicted octanol–water partition coefficient (Wildman–Crippen LogP) is 2.87. The van der Waals surface area contributed by atoms with Crippen LogP contribution in [0.15, 0.2) is 48.5 Å². The Hall–Kier alpha value is -2.40. The van der Waals surface area contributed by atoms with Crippen molar-refractivity contribution in [3.63, 3.8) is 0 Å². The zero-order chi connectivity index (χ0) is 17.5. The highest BCUT2D eigenvalue weighted by atomic mass is 16.5. The third-order valence-corrected chi connectivity index (χ3v) is 4.58. The fourth-order valence-corrected chi connectivity index (χ4v) is 3.06. The summed E-state index contributed by atoms with van der Waals surface area (Å²) < 4.78 is 11.0. The number of hydrogen-bond acceptors (Lipinski definition) is 5. The van der Waals surface area contributed by atoms with Crippen LogP contribution in [0, 0.1) is 0 Å². The number of ether oxygens (including phenoxy) is 2. The van der Waals surface area contributed by atoms with Crippen molar-refractivity contribution in [1.82, 2.24) is 4.90 Å². The molecule has 0 spiro atoms.